The summed E-state index contributed by atoms with van der Waals surface area (Å²) in [7, 11) is 0. The maximum Gasteiger partial charge on any atom is 0.231 e. The maximum absolute atomic E-state index is 13.2. The molecule has 3 aliphatic rings. The molecule has 2 saturated heterocycles. The molecule has 1 aromatic carbocycles. The van der Waals surface area contributed by atoms with Gasteiger partial charge in [-0.2, -0.15) is 5.26 Å². The highest BCUT2D eigenvalue weighted by atomic mass is 35.5. The minimum absolute atomic E-state index is 0.185. The second kappa shape index (κ2) is 7.39. The van der Waals surface area contributed by atoms with Gasteiger partial charge in [0.25, 0.3) is 0 Å². The Hall–Kier alpha value is -3.22. The summed E-state index contributed by atoms with van der Waals surface area (Å²) < 4.78 is 15.3. The van der Waals surface area contributed by atoms with Crippen molar-refractivity contribution >= 4 is 23.4 Å². The van der Waals surface area contributed by atoms with Gasteiger partial charge in [0.15, 0.2) is 5.82 Å². The molecule has 0 amide bonds. The molecule has 6 rings (SSSR count). The molecule has 3 aromatic rings. The molecule has 2 aromatic heterocycles. The summed E-state index contributed by atoms with van der Waals surface area (Å²) in [5, 5.41) is 19.5. The van der Waals surface area contributed by atoms with Crippen molar-refractivity contribution in [1.82, 2.24) is 24.6 Å². The fourth-order valence-electron chi connectivity index (χ4n) is 5.24. The Balaban J connectivity index is 1.26. The van der Waals surface area contributed by atoms with Gasteiger partial charge in [-0.05, 0) is 49.7 Å². The summed E-state index contributed by atoms with van der Waals surface area (Å²) in [6.45, 7) is 8.48. The Labute approximate surface area is 202 Å². The van der Waals surface area contributed by atoms with Crippen LogP contribution in [0.15, 0.2) is 36.5 Å². The first-order valence-corrected chi connectivity index (χ1v) is 11.7. The van der Waals surface area contributed by atoms with Crippen LogP contribution in [0, 0.1) is 22.6 Å². The van der Waals surface area contributed by atoms with Crippen LogP contribution < -0.4 is 9.80 Å². The molecule has 0 unspecified atom stereocenters. The average molecular weight is 479 g/mol. The molecule has 0 aliphatic carbocycles. The number of pyridine rings is 1. The van der Waals surface area contributed by atoms with E-state index >= 15 is 0 Å². The third-order valence-corrected chi connectivity index (χ3v) is 7.41. The minimum atomic E-state index is -0.661. The zero-order valence-electron chi connectivity index (χ0n) is 19.0. The van der Waals surface area contributed by atoms with Gasteiger partial charge in [0.2, 0.25) is 5.95 Å². The molecular formula is C24H24ClFN8. The van der Waals surface area contributed by atoms with Gasteiger partial charge >= 0.3 is 0 Å². The van der Waals surface area contributed by atoms with E-state index in [2.05, 4.69) is 40.5 Å². The van der Waals surface area contributed by atoms with Crippen molar-refractivity contribution in [3.05, 3.63) is 58.8 Å². The number of anilines is 2. The van der Waals surface area contributed by atoms with Crippen LogP contribution in [-0.2, 0) is 13.1 Å². The van der Waals surface area contributed by atoms with E-state index in [1.54, 1.807) is 6.07 Å². The van der Waals surface area contributed by atoms with Crippen LogP contribution in [-0.4, -0.2) is 56.4 Å². The van der Waals surface area contributed by atoms with Crippen molar-refractivity contribution in [2.75, 3.05) is 36.0 Å². The SMILES string of the molecule is CC(C)(C#N)N1Cc2cc(Cl)ccc2-n2c(nnc2N2CC3(CN(c4ccc(F)cn4)C3)C2)C1. The average Bonchev–Trinajstić information content (AvgIpc) is 3.08. The van der Waals surface area contributed by atoms with Crippen LogP contribution in [0.2, 0.25) is 5.02 Å². The Bertz CT molecular complexity index is 1300. The summed E-state index contributed by atoms with van der Waals surface area (Å²) in [5.41, 5.74) is 1.57. The molecular weight excluding hydrogens is 455 g/mol. The highest BCUT2D eigenvalue weighted by molar-refractivity contribution is 6.30. The lowest BCUT2D eigenvalue weighted by Gasteiger charge is -2.60. The number of halogens is 2. The van der Waals surface area contributed by atoms with Gasteiger partial charge in [-0.3, -0.25) is 9.47 Å². The molecule has 3 aliphatic heterocycles. The van der Waals surface area contributed by atoms with Crippen molar-refractivity contribution < 1.29 is 4.39 Å². The lowest BCUT2D eigenvalue weighted by Crippen LogP contribution is -2.73. The van der Waals surface area contributed by atoms with E-state index in [0.29, 0.717) is 18.1 Å². The summed E-state index contributed by atoms with van der Waals surface area (Å²) in [4.78, 5) is 10.7. The van der Waals surface area contributed by atoms with Gasteiger partial charge in [0, 0.05) is 43.2 Å². The number of rotatable bonds is 3. The fraction of sp³-hybridized carbons (Fsp3) is 0.417. The van der Waals surface area contributed by atoms with Gasteiger partial charge < -0.3 is 9.80 Å². The van der Waals surface area contributed by atoms with E-state index in [1.807, 2.05) is 32.0 Å². The number of hydrogen-bond acceptors (Lipinski definition) is 7. The number of nitrogens with zero attached hydrogens (tertiary/aromatic N) is 8. The number of hydrogen-bond donors (Lipinski definition) is 0. The van der Waals surface area contributed by atoms with Gasteiger partial charge in [-0.1, -0.05) is 11.6 Å². The molecule has 8 nitrogen and oxygen atoms in total. The smallest absolute Gasteiger partial charge is 0.231 e. The minimum Gasteiger partial charge on any atom is -0.355 e. The van der Waals surface area contributed by atoms with Crippen molar-refractivity contribution in [3.63, 3.8) is 0 Å². The van der Waals surface area contributed by atoms with Gasteiger partial charge in [-0.15, -0.1) is 10.2 Å². The second-order valence-corrected chi connectivity index (χ2v) is 10.5. The molecule has 0 bridgehead atoms. The molecule has 10 heteroatoms. The first-order valence-electron chi connectivity index (χ1n) is 11.3. The van der Waals surface area contributed by atoms with E-state index < -0.39 is 5.54 Å². The van der Waals surface area contributed by atoms with E-state index in [-0.39, 0.29) is 11.2 Å². The van der Waals surface area contributed by atoms with E-state index in [1.165, 1.54) is 12.3 Å². The third kappa shape index (κ3) is 3.32. The topological polar surface area (TPSA) is 77.1 Å². The number of benzene rings is 1. The highest BCUT2D eigenvalue weighted by Gasteiger charge is 2.53. The predicted octanol–water partition coefficient (Wildman–Crippen LogP) is 3.40. The fourth-order valence-corrected chi connectivity index (χ4v) is 5.44. The second-order valence-electron chi connectivity index (χ2n) is 10.1. The zero-order valence-corrected chi connectivity index (χ0v) is 19.8. The van der Waals surface area contributed by atoms with Crippen molar-refractivity contribution in [1.29, 1.82) is 5.26 Å². The summed E-state index contributed by atoms with van der Waals surface area (Å²) >= 11 is 6.34. The zero-order chi connectivity index (χ0) is 23.7. The van der Waals surface area contributed by atoms with Crippen LogP contribution >= 0.6 is 11.6 Å². The van der Waals surface area contributed by atoms with E-state index in [4.69, 9.17) is 11.6 Å². The summed E-state index contributed by atoms with van der Waals surface area (Å²) in [5.74, 6) is 2.12. The van der Waals surface area contributed by atoms with Crippen LogP contribution in [0.4, 0.5) is 16.2 Å². The monoisotopic (exact) mass is 478 g/mol. The van der Waals surface area contributed by atoms with Crippen LogP contribution in [0.1, 0.15) is 25.2 Å². The Morgan fingerprint density at radius 1 is 1.06 bits per heavy atom. The molecule has 0 radical (unpaired) electrons. The quantitative estimate of drug-likeness (QED) is 0.571. The first-order chi connectivity index (χ1) is 16.3. The molecule has 0 N–H and O–H groups in total. The normalized spacial score (nSPS) is 19.0. The van der Waals surface area contributed by atoms with Crippen LogP contribution in [0.3, 0.4) is 0 Å². The van der Waals surface area contributed by atoms with E-state index in [0.717, 1.165) is 55.0 Å². The van der Waals surface area contributed by atoms with Crippen molar-refractivity contribution in [3.8, 4) is 11.8 Å². The van der Waals surface area contributed by atoms with Gasteiger partial charge in [-0.25, -0.2) is 9.37 Å². The molecule has 5 heterocycles. The molecule has 1 spiro atoms. The van der Waals surface area contributed by atoms with Crippen LogP contribution in [0.25, 0.3) is 5.69 Å². The molecule has 34 heavy (non-hydrogen) atoms. The lowest BCUT2D eigenvalue weighted by atomic mass is 9.73. The van der Waals surface area contributed by atoms with Gasteiger partial charge in [0.05, 0.1) is 24.5 Å². The van der Waals surface area contributed by atoms with E-state index in [9.17, 15) is 9.65 Å². The van der Waals surface area contributed by atoms with Gasteiger partial charge in [0.1, 0.15) is 17.2 Å². The van der Waals surface area contributed by atoms with Crippen molar-refractivity contribution in [2.24, 2.45) is 5.41 Å². The number of aromatic nitrogens is 4. The number of fused-ring (bicyclic) bond motifs is 3. The highest BCUT2D eigenvalue weighted by Crippen LogP contribution is 2.44. The molecule has 0 saturated carbocycles. The third-order valence-electron chi connectivity index (χ3n) is 7.18. The Morgan fingerprint density at radius 3 is 2.53 bits per heavy atom. The summed E-state index contributed by atoms with van der Waals surface area (Å²) in [6, 6.07) is 11.5. The summed E-state index contributed by atoms with van der Waals surface area (Å²) in [6.07, 6.45) is 1.26. The molecule has 174 valence electrons. The Morgan fingerprint density at radius 2 is 1.82 bits per heavy atom. The number of nitriles is 1. The van der Waals surface area contributed by atoms with Crippen molar-refractivity contribution in [2.45, 2.75) is 32.5 Å². The lowest BCUT2D eigenvalue weighted by molar-refractivity contribution is 0.147. The maximum atomic E-state index is 13.2. The van der Waals surface area contributed by atoms with Crippen LogP contribution in [0.5, 0.6) is 0 Å². The standard InChI is InChI=1S/C24H24ClFN8/c1-23(2,11-27)33-9-16-7-17(25)3-5-19(16)34-21(10-33)29-30-22(34)32-14-24(15-32)12-31(13-24)20-6-4-18(26)8-28-20/h3-8H,9-10,12-15H2,1-2H3. The first kappa shape index (κ1) is 21.3. The molecule has 0 atom stereocenters. The largest absolute Gasteiger partial charge is 0.355 e. The Kier molecular flexibility index (Phi) is 4.63. The molecule has 2 fully saturated rings. The predicted molar refractivity (Wildman–Crippen MR) is 126 cm³/mol.